The van der Waals surface area contributed by atoms with Gasteiger partial charge < -0.3 is 10.2 Å². The van der Waals surface area contributed by atoms with Crippen LogP contribution in [0.25, 0.3) is 0 Å². The van der Waals surface area contributed by atoms with Crippen LogP contribution >= 0.6 is 23.2 Å². The number of benzene rings is 1. The highest BCUT2D eigenvalue weighted by Crippen LogP contribution is 2.26. The maximum absolute atomic E-state index is 6.06. The molecule has 1 aromatic carbocycles. The van der Waals surface area contributed by atoms with Crippen LogP contribution in [-0.2, 0) is 0 Å². The lowest BCUT2D eigenvalue weighted by atomic mass is 9.96. The van der Waals surface area contributed by atoms with Crippen molar-refractivity contribution < 1.29 is 0 Å². The quantitative estimate of drug-likeness (QED) is 0.904. The van der Waals surface area contributed by atoms with E-state index in [2.05, 4.69) is 24.2 Å². The Morgan fingerprint density at radius 1 is 1.26 bits per heavy atom. The van der Waals surface area contributed by atoms with Gasteiger partial charge in [-0.3, -0.25) is 0 Å². The van der Waals surface area contributed by atoms with Crippen LogP contribution < -0.4 is 5.32 Å². The largest absolute Gasteiger partial charge is 0.310 e. The first kappa shape index (κ1) is 15.1. The fourth-order valence-corrected chi connectivity index (χ4v) is 2.82. The van der Waals surface area contributed by atoms with E-state index in [1.807, 2.05) is 18.2 Å². The average Bonchev–Trinajstić information content (AvgIpc) is 2.41. The molecular weight excluding hydrogens is 279 g/mol. The zero-order valence-electron chi connectivity index (χ0n) is 11.6. The molecule has 0 saturated carbocycles. The molecule has 1 saturated heterocycles. The minimum absolute atomic E-state index is 0.314. The van der Waals surface area contributed by atoms with E-state index >= 15 is 0 Å². The normalized spacial score (nSPS) is 19.6. The highest BCUT2D eigenvalue weighted by molar-refractivity contribution is 6.42. The molecule has 1 aromatic rings. The first-order chi connectivity index (χ1) is 9.06. The first-order valence-corrected chi connectivity index (χ1v) is 7.68. The molecule has 0 bridgehead atoms. The van der Waals surface area contributed by atoms with E-state index in [4.69, 9.17) is 23.2 Å². The molecule has 1 aliphatic rings. The van der Waals surface area contributed by atoms with Gasteiger partial charge in [0, 0.05) is 6.04 Å². The Hall–Kier alpha value is -0.280. The van der Waals surface area contributed by atoms with Crippen molar-refractivity contribution in [1.29, 1.82) is 0 Å². The predicted molar refractivity (Wildman–Crippen MR) is 83.1 cm³/mol. The van der Waals surface area contributed by atoms with E-state index in [0.717, 1.165) is 12.5 Å². The standard InChI is InChI=1S/C15H22Cl2N2/c1-11(13-3-4-14(16)15(17)9-13)18-10-12-5-7-19(2)8-6-12/h3-4,9,11-12,18H,5-8,10H2,1-2H3. The molecule has 106 valence electrons. The summed E-state index contributed by atoms with van der Waals surface area (Å²) in [5.41, 5.74) is 1.20. The molecule has 1 atom stereocenters. The second-order valence-electron chi connectivity index (χ2n) is 5.55. The lowest BCUT2D eigenvalue weighted by Gasteiger charge is -2.30. The molecule has 1 unspecified atom stereocenters. The number of nitrogens with one attached hydrogen (secondary N) is 1. The number of piperidine rings is 1. The van der Waals surface area contributed by atoms with Crippen LogP contribution in [0.2, 0.25) is 10.0 Å². The Morgan fingerprint density at radius 2 is 1.95 bits per heavy atom. The highest BCUT2D eigenvalue weighted by atomic mass is 35.5. The summed E-state index contributed by atoms with van der Waals surface area (Å²) >= 11 is 12.0. The van der Waals surface area contributed by atoms with Crippen LogP contribution in [0.1, 0.15) is 31.4 Å². The SMILES string of the molecule is CC(NCC1CCN(C)CC1)c1ccc(Cl)c(Cl)c1. The van der Waals surface area contributed by atoms with E-state index in [1.54, 1.807) is 0 Å². The Morgan fingerprint density at radius 3 is 2.58 bits per heavy atom. The van der Waals surface area contributed by atoms with Crippen LogP contribution in [-0.4, -0.2) is 31.6 Å². The van der Waals surface area contributed by atoms with Gasteiger partial charge in [0.05, 0.1) is 10.0 Å². The molecule has 1 fully saturated rings. The number of rotatable bonds is 4. The fraction of sp³-hybridized carbons (Fsp3) is 0.600. The van der Waals surface area contributed by atoms with E-state index in [0.29, 0.717) is 16.1 Å². The lowest BCUT2D eigenvalue weighted by molar-refractivity contribution is 0.213. The van der Waals surface area contributed by atoms with Crippen molar-refractivity contribution in [2.24, 2.45) is 5.92 Å². The fourth-order valence-electron chi connectivity index (χ4n) is 2.51. The van der Waals surface area contributed by atoms with Crippen molar-refractivity contribution in [3.8, 4) is 0 Å². The molecule has 0 radical (unpaired) electrons. The molecule has 1 aliphatic heterocycles. The minimum Gasteiger partial charge on any atom is -0.310 e. The van der Waals surface area contributed by atoms with Gasteiger partial charge in [0.25, 0.3) is 0 Å². The number of hydrogen-bond donors (Lipinski definition) is 1. The Kier molecular flexibility index (Phi) is 5.52. The number of likely N-dealkylation sites (tertiary alicyclic amines) is 1. The summed E-state index contributed by atoms with van der Waals surface area (Å²) in [4.78, 5) is 2.40. The average molecular weight is 301 g/mol. The van der Waals surface area contributed by atoms with Gasteiger partial charge in [-0.1, -0.05) is 29.3 Å². The van der Waals surface area contributed by atoms with Gasteiger partial charge in [0.1, 0.15) is 0 Å². The third-order valence-corrected chi connectivity index (χ3v) is 4.73. The molecular formula is C15H22Cl2N2. The van der Waals surface area contributed by atoms with Gasteiger partial charge in [-0.05, 0) is 70.1 Å². The molecule has 0 spiro atoms. The lowest BCUT2D eigenvalue weighted by Crippen LogP contribution is -2.35. The molecule has 2 nitrogen and oxygen atoms in total. The summed E-state index contributed by atoms with van der Waals surface area (Å²) in [7, 11) is 2.20. The Balaban J connectivity index is 1.83. The number of nitrogens with zero attached hydrogens (tertiary/aromatic N) is 1. The van der Waals surface area contributed by atoms with Crippen molar-refractivity contribution in [2.75, 3.05) is 26.7 Å². The molecule has 1 heterocycles. The van der Waals surface area contributed by atoms with Crippen molar-refractivity contribution in [3.63, 3.8) is 0 Å². The third-order valence-electron chi connectivity index (χ3n) is 3.99. The van der Waals surface area contributed by atoms with Crippen LogP contribution in [0.3, 0.4) is 0 Å². The second kappa shape index (κ2) is 6.94. The minimum atomic E-state index is 0.314. The van der Waals surface area contributed by atoms with Crippen molar-refractivity contribution in [2.45, 2.75) is 25.8 Å². The highest BCUT2D eigenvalue weighted by Gasteiger charge is 2.17. The summed E-state index contributed by atoms with van der Waals surface area (Å²) in [5.74, 6) is 0.793. The molecule has 4 heteroatoms. The molecule has 0 aromatic heterocycles. The van der Waals surface area contributed by atoms with Crippen LogP contribution in [0.4, 0.5) is 0 Å². The van der Waals surface area contributed by atoms with E-state index in [-0.39, 0.29) is 0 Å². The smallest absolute Gasteiger partial charge is 0.0595 e. The summed E-state index contributed by atoms with van der Waals surface area (Å²) < 4.78 is 0. The predicted octanol–water partition coefficient (Wildman–Crippen LogP) is 3.99. The van der Waals surface area contributed by atoms with Gasteiger partial charge >= 0.3 is 0 Å². The molecule has 0 amide bonds. The maximum atomic E-state index is 6.06. The van der Waals surface area contributed by atoms with Gasteiger partial charge in [-0.2, -0.15) is 0 Å². The zero-order chi connectivity index (χ0) is 13.8. The monoisotopic (exact) mass is 300 g/mol. The second-order valence-corrected chi connectivity index (χ2v) is 6.36. The Labute approximate surface area is 126 Å². The maximum Gasteiger partial charge on any atom is 0.0595 e. The van der Waals surface area contributed by atoms with Crippen LogP contribution in [0, 0.1) is 5.92 Å². The summed E-state index contributed by atoms with van der Waals surface area (Å²) in [6.45, 7) is 5.69. The van der Waals surface area contributed by atoms with Gasteiger partial charge in [0.15, 0.2) is 0 Å². The molecule has 2 rings (SSSR count). The Bertz CT molecular complexity index is 415. The molecule has 19 heavy (non-hydrogen) atoms. The van der Waals surface area contributed by atoms with E-state index in [1.165, 1.54) is 31.5 Å². The zero-order valence-corrected chi connectivity index (χ0v) is 13.1. The number of hydrogen-bond acceptors (Lipinski definition) is 2. The first-order valence-electron chi connectivity index (χ1n) is 6.93. The van der Waals surface area contributed by atoms with Gasteiger partial charge in [-0.15, -0.1) is 0 Å². The number of halogens is 2. The van der Waals surface area contributed by atoms with E-state index in [9.17, 15) is 0 Å². The summed E-state index contributed by atoms with van der Waals surface area (Å²) in [5, 5.41) is 4.86. The van der Waals surface area contributed by atoms with Gasteiger partial charge in [0.2, 0.25) is 0 Å². The topological polar surface area (TPSA) is 15.3 Å². The molecule has 1 N–H and O–H groups in total. The summed E-state index contributed by atoms with van der Waals surface area (Å²) in [6, 6.07) is 6.18. The van der Waals surface area contributed by atoms with Crippen molar-refractivity contribution in [1.82, 2.24) is 10.2 Å². The van der Waals surface area contributed by atoms with Gasteiger partial charge in [-0.25, -0.2) is 0 Å². The molecule has 0 aliphatic carbocycles. The van der Waals surface area contributed by atoms with Crippen LogP contribution in [0.15, 0.2) is 18.2 Å². The summed E-state index contributed by atoms with van der Waals surface area (Å²) in [6.07, 6.45) is 2.58. The van der Waals surface area contributed by atoms with E-state index < -0.39 is 0 Å². The van der Waals surface area contributed by atoms with Crippen molar-refractivity contribution >= 4 is 23.2 Å². The van der Waals surface area contributed by atoms with Crippen molar-refractivity contribution in [3.05, 3.63) is 33.8 Å². The third kappa shape index (κ3) is 4.35. The van der Waals surface area contributed by atoms with Crippen LogP contribution in [0.5, 0.6) is 0 Å².